The molecule has 1 aromatic heterocycles. The average molecular weight is 290 g/mol. The first kappa shape index (κ1) is 14.7. The topological polar surface area (TPSA) is 50.3 Å². The van der Waals surface area contributed by atoms with Crippen LogP contribution >= 0.6 is 0 Å². The van der Waals surface area contributed by atoms with Gasteiger partial charge in [0, 0.05) is 26.0 Å². The first-order chi connectivity index (χ1) is 9.47. The molecule has 20 heavy (non-hydrogen) atoms. The number of pyridine rings is 1. The summed E-state index contributed by atoms with van der Waals surface area (Å²) in [7, 11) is -1.71. The van der Waals surface area contributed by atoms with Crippen LogP contribution in [-0.4, -0.2) is 24.8 Å². The van der Waals surface area contributed by atoms with E-state index >= 15 is 0 Å². The number of hydrogen-bond donors (Lipinski definition) is 0. The highest BCUT2D eigenvalue weighted by Crippen LogP contribution is 2.13. The van der Waals surface area contributed by atoms with Crippen LogP contribution in [0.15, 0.2) is 48.8 Å². The van der Waals surface area contributed by atoms with E-state index in [2.05, 4.69) is 4.98 Å². The van der Waals surface area contributed by atoms with Crippen LogP contribution in [0.3, 0.4) is 0 Å². The van der Waals surface area contributed by atoms with Gasteiger partial charge in [0.1, 0.15) is 0 Å². The molecule has 0 saturated carbocycles. The van der Waals surface area contributed by atoms with Crippen molar-refractivity contribution >= 4 is 10.0 Å². The zero-order valence-corrected chi connectivity index (χ0v) is 12.5. The lowest BCUT2D eigenvalue weighted by molar-refractivity contribution is 0.465. The molecular formula is C15H18N2O2S. The number of benzene rings is 1. The van der Waals surface area contributed by atoms with E-state index in [1.807, 2.05) is 43.3 Å². The number of sulfonamides is 1. The lowest BCUT2D eigenvalue weighted by Crippen LogP contribution is -2.27. The molecule has 0 atom stereocenters. The summed E-state index contributed by atoms with van der Waals surface area (Å²) in [6.07, 6.45) is 3.32. The highest BCUT2D eigenvalue weighted by Gasteiger charge is 2.18. The summed E-state index contributed by atoms with van der Waals surface area (Å²) >= 11 is 0. The van der Waals surface area contributed by atoms with Gasteiger partial charge in [0.25, 0.3) is 0 Å². The largest absolute Gasteiger partial charge is 0.265 e. The van der Waals surface area contributed by atoms with Gasteiger partial charge in [-0.2, -0.15) is 0 Å². The molecule has 0 aliphatic heterocycles. The van der Waals surface area contributed by atoms with E-state index in [0.29, 0.717) is 6.54 Å². The Morgan fingerprint density at radius 3 is 2.20 bits per heavy atom. The summed E-state index contributed by atoms with van der Waals surface area (Å²) in [5, 5.41) is 0. The predicted molar refractivity (Wildman–Crippen MR) is 79.5 cm³/mol. The van der Waals surface area contributed by atoms with Crippen molar-refractivity contribution in [3.8, 4) is 0 Å². The van der Waals surface area contributed by atoms with E-state index < -0.39 is 10.0 Å². The first-order valence-corrected chi connectivity index (χ1v) is 7.97. The molecule has 0 N–H and O–H groups in total. The molecule has 2 aromatic rings. The Kier molecular flexibility index (Phi) is 4.52. The molecule has 0 radical (unpaired) electrons. The minimum Gasteiger partial charge on any atom is -0.265 e. The second-order valence-corrected chi connectivity index (χ2v) is 6.93. The molecule has 5 heteroatoms. The number of rotatable bonds is 5. The summed E-state index contributed by atoms with van der Waals surface area (Å²) in [5.74, 6) is 0.0227. The molecule has 0 fully saturated rings. The highest BCUT2D eigenvalue weighted by molar-refractivity contribution is 7.88. The molecule has 0 bridgehead atoms. The van der Waals surface area contributed by atoms with Gasteiger partial charge in [0.05, 0.1) is 5.75 Å². The summed E-state index contributed by atoms with van der Waals surface area (Å²) in [6.45, 7) is 2.34. The fourth-order valence-electron chi connectivity index (χ4n) is 1.85. The Morgan fingerprint density at radius 1 is 1.00 bits per heavy atom. The molecular weight excluding hydrogens is 272 g/mol. The standard InChI is InChI=1S/C15H18N2O2S/c1-13-3-5-15(6-4-13)12-20(18,19)17(2)11-14-7-9-16-10-8-14/h3-10H,11-12H2,1-2H3. The minimum absolute atomic E-state index is 0.0227. The molecule has 2 rings (SSSR count). The molecule has 0 spiro atoms. The number of hydrogen-bond acceptors (Lipinski definition) is 3. The van der Waals surface area contributed by atoms with Crippen molar-refractivity contribution in [2.45, 2.75) is 19.2 Å². The monoisotopic (exact) mass is 290 g/mol. The maximum absolute atomic E-state index is 12.3. The molecule has 0 saturated heterocycles. The molecule has 0 amide bonds. The predicted octanol–water partition coefficient (Wildman–Crippen LogP) is 2.35. The van der Waals surface area contributed by atoms with Gasteiger partial charge in [0.15, 0.2) is 0 Å². The van der Waals surface area contributed by atoms with Gasteiger partial charge < -0.3 is 0 Å². The molecule has 1 heterocycles. The minimum atomic E-state index is -3.31. The molecule has 0 aliphatic carbocycles. The van der Waals surface area contributed by atoms with Crippen LogP contribution in [0.2, 0.25) is 0 Å². The van der Waals surface area contributed by atoms with Crippen LogP contribution in [0.4, 0.5) is 0 Å². The normalized spacial score (nSPS) is 11.8. The van der Waals surface area contributed by atoms with E-state index in [4.69, 9.17) is 0 Å². The van der Waals surface area contributed by atoms with E-state index in [-0.39, 0.29) is 5.75 Å². The third kappa shape index (κ3) is 3.88. The van der Waals surface area contributed by atoms with Gasteiger partial charge in [-0.25, -0.2) is 12.7 Å². The highest BCUT2D eigenvalue weighted by atomic mass is 32.2. The molecule has 106 valence electrons. The zero-order valence-electron chi connectivity index (χ0n) is 11.7. The Balaban J connectivity index is 2.08. The lowest BCUT2D eigenvalue weighted by Gasteiger charge is -2.17. The van der Waals surface area contributed by atoms with Gasteiger partial charge >= 0.3 is 0 Å². The van der Waals surface area contributed by atoms with E-state index in [9.17, 15) is 8.42 Å². The Labute approximate surface area is 120 Å². The van der Waals surface area contributed by atoms with Gasteiger partial charge in [-0.3, -0.25) is 4.98 Å². The summed E-state index contributed by atoms with van der Waals surface area (Å²) in [4.78, 5) is 3.92. The third-order valence-corrected chi connectivity index (χ3v) is 4.88. The lowest BCUT2D eigenvalue weighted by atomic mass is 10.2. The van der Waals surface area contributed by atoms with Crippen LogP contribution in [0, 0.1) is 6.92 Å². The maximum atomic E-state index is 12.3. The molecule has 0 unspecified atom stereocenters. The second-order valence-electron chi connectivity index (χ2n) is 4.85. The maximum Gasteiger partial charge on any atom is 0.218 e. The van der Waals surface area contributed by atoms with Crippen LogP contribution in [0.25, 0.3) is 0 Å². The van der Waals surface area contributed by atoms with Crippen molar-refractivity contribution in [3.05, 3.63) is 65.5 Å². The number of aryl methyl sites for hydroxylation is 1. The van der Waals surface area contributed by atoms with Crippen LogP contribution in [-0.2, 0) is 22.3 Å². The molecule has 4 nitrogen and oxygen atoms in total. The molecule has 1 aromatic carbocycles. The fourth-order valence-corrected chi connectivity index (χ4v) is 3.03. The zero-order chi connectivity index (χ0) is 14.6. The Hall–Kier alpha value is -1.72. The quantitative estimate of drug-likeness (QED) is 0.849. The summed E-state index contributed by atoms with van der Waals surface area (Å²) in [5.41, 5.74) is 2.85. The Morgan fingerprint density at radius 2 is 1.60 bits per heavy atom. The van der Waals surface area contributed by atoms with Crippen molar-refractivity contribution in [1.29, 1.82) is 0 Å². The fraction of sp³-hybridized carbons (Fsp3) is 0.267. The van der Waals surface area contributed by atoms with Crippen molar-refractivity contribution < 1.29 is 8.42 Å². The van der Waals surface area contributed by atoms with Gasteiger partial charge in [0.2, 0.25) is 10.0 Å². The van der Waals surface area contributed by atoms with Gasteiger partial charge in [-0.15, -0.1) is 0 Å². The van der Waals surface area contributed by atoms with Crippen LogP contribution in [0.5, 0.6) is 0 Å². The molecule has 0 aliphatic rings. The van der Waals surface area contributed by atoms with Gasteiger partial charge in [-0.1, -0.05) is 29.8 Å². The van der Waals surface area contributed by atoms with Crippen molar-refractivity contribution in [2.24, 2.45) is 0 Å². The van der Waals surface area contributed by atoms with Crippen molar-refractivity contribution in [1.82, 2.24) is 9.29 Å². The van der Waals surface area contributed by atoms with Crippen molar-refractivity contribution in [3.63, 3.8) is 0 Å². The third-order valence-electron chi connectivity index (χ3n) is 3.10. The van der Waals surface area contributed by atoms with Crippen LogP contribution in [0.1, 0.15) is 16.7 Å². The van der Waals surface area contributed by atoms with E-state index in [1.54, 1.807) is 19.4 Å². The average Bonchev–Trinajstić information content (AvgIpc) is 2.42. The SMILES string of the molecule is Cc1ccc(CS(=O)(=O)N(C)Cc2ccncc2)cc1. The summed E-state index contributed by atoms with van der Waals surface area (Å²) in [6, 6.07) is 11.2. The number of aromatic nitrogens is 1. The summed E-state index contributed by atoms with van der Waals surface area (Å²) < 4.78 is 26.0. The smallest absolute Gasteiger partial charge is 0.218 e. The van der Waals surface area contributed by atoms with Gasteiger partial charge in [-0.05, 0) is 30.2 Å². The van der Waals surface area contributed by atoms with E-state index in [1.165, 1.54) is 4.31 Å². The number of nitrogens with zero attached hydrogens (tertiary/aromatic N) is 2. The second kappa shape index (κ2) is 6.15. The first-order valence-electron chi connectivity index (χ1n) is 6.36. The van der Waals surface area contributed by atoms with Crippen LogP contribution < -0.4 is 0 Å². The Bertz CT molecular complexity index is 652. The van der Waals surface area contributed by atoms with Crippen molar-refractivity contribution in [2.75, 3.05) is 7.05 Å². The van der Waals surface area contributed by atoms with E-state index in [0.717, 1.165) is 16.7 Å².